The maximum atomic E-state index is 11.4. The number of esters is 2. The monoisotopic (exact) mass is 625 g/mol. The molecule has 0 radical (unpaired) electrons. The summed E-state index contributed by atoms with van der Waals surface area (Å²) in [5, 5.41) is 0. The van der Waals surface area contributed by atoms with Crippen LogP contribution in [-0.2, 0) is 19.1 Å². The van der Waals surface area contributed by atoms with E-state index in [4.69, 9.17) is 9.47 Å². The van der Waals surface area contributed by atoms with Gasteiger partial charge in [-0.3, -0.25) is 9.59 Å². The van der Waals surface area contributed by atoms with Crippen LogP contribution in [-0.4, -0.2) is 25.2 Å². The van der Waals surface area contributed by atoms with Gasteiger partial charge in [0.15, 0.2) is 0 Å². The highest BCUT2D eigenvalue weighted by Gasteiger charge is 2.03. The molecule has 0 aromatic heterocycles. The highest BCUT2D eigenvalue weighted by molar-refractivity contribution is 5.69. The lowest BCUT2D eigenvalue weighted by Gasteiger charge is -2.04. The second kappa shape index (κ2) is 41.9. The number of unbranched alkanes of at least 4 members (excludes halogenated alkanes) is 26. The van der Waals surface area contributed by atoms with Gasteiger partial charge in [-0.15, -0.1) is 0 Å². The minimum atomic E-state index is -0.00521. The zero-order valence-electron chi connectivity index (χ0n) is 30.7. The van der Waals surface area contributed by atoms with E-state index < -0.39 is 0 Å². The normalized spacial score (nSPS) is 10.8. The Balaban J connectivity index is 0. The third kappa shape index (κ3) is 43.1. The number of carbonyl (C=O) groups excluding carboxylic acids is 2. The van der Waals surface area contributed by atoms with Crippen molar-refractivity contribution >= 4 is 11.9 Å². The first-order valence-corrected chi connectivity index (χ1v) is 19.9. The van der Waals surface area contributed by atoms with E-state index in [-0.39, 0.29) is 11.9 Å². The molecule has 0 aromatic carbocycles. The third-order valence-corrected chi connectivity index (χ3v) is 8.49. The average Bonchev–Trinajstić information content (AvgIpc) is 3.02. The van der Waals surface area contributed by atoms with Crippen molar-refractivity contribution in [1.82, 2.24) is 0 Å². The van der Waals surface area contributed by atoms with Crippen molar-refractivity contribution in [1.29, 1.82) is 0 Å². The number of hydrogen-bond donors (Lipinski definition) is 0. The molecule has 0 N–H and O–H groups in total. The van der Waals surface area contributed by atoms with Crippen LogP contribution in [0.15, 0.2) is 0 Å². The molecule has 0 atom stereocenters. The summed E-state index contributed by atoms with van der Waals surface area (Å²) in [6.45, 7) is 9.98. The molecule has 0 bridgehead atoms. The van der Waals surface area contributed by atoms with Gasteiger partial charge in [-0.25, -0.2) is 0 Å². The number of carbonyl (C=O) groups is 2. The molecule has 0 aliphatic rings. The van der Waals surface area contributed by atoms with Crippen LogP contribution in [0.2, 0.25) is 0 Å². The molecule has 0 saturated carbocycles. The van der Waals surface area contributed by atoms with Gasteiger partial charge in [-0.1, -0.05) is 195 Å². The minimum absolute atomic E-state index is 0.00172. The Labute approximate surface area is 277 Å². The van der Waals surface area contributed by atoms with E-state index in [2.05, 4.69) is 27.7 Å². The molecule has 0 aromatic rings. The molecule has 264 valence electrons. The van der Waals surface area contributed by atoms with Gasteiger partial charge in [0.25, 0.3) is 0 Å². The van der Waals surface area contributed by atoms with E-state index in [0.717, 1.165) is 38.5 Å². The van der Waals surface area contributed by atoms with Crippen molar-refractivity contribution in [3.63, 3.8) is 0 Å². The molecule has 0 spiro atoms. The van der Waals surface area contributed by atoms with Gasteiger partial charge in [0, 0.05) is 12.8 Å². The van der Waals surface area contributed by atoms with Crippen molar-refractivity contribution in [3.8, 4) is 0 Å². The lowest BCUT2D eigenvalue weighted by molar-refractivity contribution is -0.144. The predicted molar refractivity (Wildman–Crippen MR) is 192 cm³/mol. The zero-order chi connectivity index (χ0) is 32.6. The Bertz CT molecular complexity index is 547. The van der Waals surface area contributed by atoms with Crippen LogP contribution in [0.5, 0.6) is 0 Å². The van der Waals surface area contributed by atoms with E-state index in [9.17, 15) is 9.59 Å². The van der Waals surface area contributed by atoms with Crippen LogP contribution >= 0.6 is 0 Å². The number of hydrogen-bond acceptors (Lipinski definition) is 4. The summed E-state index contributed by atoms with van der Waals surface area (Å²) in [6, 6.07) is 0. The Morgan fingerprint density at radius 2 is 0.500 bits per heavy atom. The van der Waals surface area contributed by atoms with E-state index >= 15 is 0 Å². The smallest absolute Gasteiger partial charge is 0.305 e. The molecule has 0 saturated heterocycles. The van der Waals surface area contributed by atoms with Crippen molar-refractivity contribution in [2.75, 3.05) is 13.2 Å². The first kappa shape index (κ1) is 45.1. The van der Waals surface area contributed by atoms with Gasteiger partial charge in [0.1, 0.15) is 0 Å². The highest BCUT2D eigenvalue weighted by atomic mass is 16.5. The van der Waals surface area contributed by atoms with Crippen molar-refractivity contribution in [2.24, 2.45) is 0 Å². The third-order valence-electron chi connectivity index (χ3n) is 8.49. The SMILES string of the molecule is CCCCCCCCCCCCCC(=O)OCCCC.CCCCCCCCCCCCCCCCCC(=O)OCCCC. The fourth-order valence-corrected chi connectivity index (χ4v) is 5.38. The fraction of sp³-hybridized carbons (Fsp3) is 0.950. The summed E-state index contributed by atoms with van der Waals surface area (Å²) in [5.74, 6) is -0.00693. The van der Waals surface area contributed by atoms with Crippen LogP contribution < -0.4 is 0 Å². The van der Waals surface area contributed by atoms with Crippen molar-refractivity contribution < 1.29 is 19.1 Å². The Morgan fingerprint density at radius 1 is 0.295 bits per heavy atom. The minimum Gasteiger partial charge on any atom is -0.466 e. The summed E-state index contributed by atoms with van der Waals surface area (Å²) in [4.78, 5) is 22.8. The van der Waals surface area contributed by atoms with Crippen molar-refractivity contribution in [2.45, 2.75) is 233 Å². The number of rotatable bonds is 34. The summed E-state index contributed by atoms with van der Waals surface area (Å²) < 4.78 is 10.3. The summed E-state index contributed by atoms with van der Waals surface area (Å²) >= 11 is 0. The molecule has 0 aliphatic heterocycles. The molecule has 44 heavy (non-hydrogen) atoms. The fourth-order valence-electron chi connectivity index (χ4n) is 5.38. The Morgan fingerprint density at radius 3 is 0.727 bits per heavy atom. The van der Waals surface area contributed by atoms with E-state index in [1.165, 1.54) is 154 Å². The summed E-state index contributed by atoms with van der Waals surface area (Å²) in [5.41, 5.74) is 0. The molecule has 0 fully saturated rings. The van der Waals surface area contributed by atoms with Crippen LogP contribution in [0.25, 0.3) is 0 Å². The molecule has 0 heterocycles. The maximum absolute atomic E-state index is 11.4. The molecule has 4 heteroatoms. The van der Waals surface area contributed by atoms with Crippen LogP contribution in [0, 0.1) is 0 Å². The summed E-state index contributed by atoms with van der Waals surface area (Å²) in [6.07, 6.45) is 40.3. The summed E-state index contributed by atoms with van der Waals surface area (Å²) in [7, 11) is 0. The molecular formula is C40H80O4. The van der Waals surface area contributed by atoms with E-state index in [1.54, 1.807) is 0 Å². The van der Waals surface area contributed by atoms with E-state index in [1.807, 2.05) is 0 Å². The Kier molecular flexibility index (Phi) is 43.0. The maximum Gasteiger partial charge on any atom is 0.305 e. The lowest BCUT2D eigenvalue weighted by Crippen LogP contribution is -2.05. The van der Waals surface area contributed by atoms with Gasteiger partial charge in [-0.05, 0) is 25.7 Å². The molecule has 0 unspecified atom stereocenters. The van der Waals surface area contributed by atoms with Gasteiger partial charge < -0.3 is 9.47 Å². The van der Waals surface area contributed by atoms with Crippen molar-refractivity contribution in [3.05, 3.63) is 0 Å². The second-order valence-electron chi connectivity index (χ2n) is 13.1. The van der Waals surface area contributed by atoms with Gasteiger partial charge in [-0.2, -0.15) is 0 Å². The zero-order valence-corrected chi connectivity index (χ0v) is 30.7. The Hall–Kier alpha value is -1.06. The highest BCUT2D eigenvalue weighted by Crippen LogP contribution is 2.14. The predicted octanol–water partition coefficient (Wildman–Crippen LogP) is 13.6. The lowest BCUT2D eigenvalue weighted by atomic mass is 10.0. The van der Waals surface area contributed by atoms with Crippen LogP contribution in [0.1, 0.15) is 233 Å². The molecule has 4 nitrogen and oxygen atoms in total. The van der Waals surface area contributed by atoms with Gasteiger partial charge >= 0.3 is 11.9 Å². The molecule has 0 rings (SSSR count). The largest absolute Gasteiger partial charge is 0.466 e. The molecule has 0 amide bonds. The van der Waals surface area contributed by atoms with E-state index in [0.29, 0.717) is 26.1 Å². The quantitative estimate of drug-likeness (QED) is 0.0528. The standard InChI is InChI=1S/C22H44O2.C18H36O2/c1-3-5-7-8-9-10-11-12-13-14-15-16-17-18-19-20-22(23)24-21-6-4-2;1-3-5-7-8-9-10-11-12-13-14-15-16-18(19)20-17-6-4-2/h3-21H2,1-2H3;3-17H2,1-2H3. The number of ether oxygens (including phenoxy) is 2. The van der Waals surface area contributed by atoms with Gasteiger partial charge in [0.2, 0.25) is 0 Å². The van der Waals surface area contributed by atoms with Crippen LogP contribution in [0.3, 0.4) is 0 Å². The first-order chi connectivity index (χ1) is 21.6. The topological polar surface area (TPSA) is 52.6 Å². The average molecular weight is 625 g/mol. The first-order valence-electron chi connectivity index (χ1n) is 19.9. The second-order valence-corrected chi connectivity index (χ2v) is 13.1. The molecular weight excluding hydrogens is 544 g/mol. The molecule has 0 aliphatic carbocycles. The van der Waals surface area contributed by atoms with Crippen LogP contribution in [0.4, 0.5) is 0 Å². The van der Waals surface area contributed by atoms with Gasteiger partial charge in [0.05, 0.1) is 13.2 Å².